The Bertz CT molecular complexity index is 904. The van der Waals surface area contributed by atoms with E-state index in [4.69, 9.17) is 11.6 Å². The Morgan fingerprint density at radius 1 is 1.17 bits per heavy atom. The van der Waals surface area contributed by atoms with E-state index in [0.717, 1.165) is 12.3 Å². The quantitative estimate of drug-likeness (QED) is 0.849. The van der Waals surface area contributed by atoms with Crippen molar-refractivity contribution in [3.63, 3.8) is 0 Å². The molecular weight excluding hydrogens is 357 g/mol. The molecule has 0 bridgehead atoms. The first-order chi connectivity index (χ1) is 10.6. The minimum atomic E-state index is -3.93. The minimum absolute atomic E-state index is 0.0112. The standard InChI is InChI=1S/C13H8ClF3N2O3S/c1-23(21,22)19-13(20)8-4-10(15)7(3-11(8)16)6-2-9(14)12(17)18-5-6/h2-5H,1H3,(H,19,20). The number of nitrogens with one attached hydrogen (secondary N) is 1. The van der Waals surface area contributed by atoms with E-state index in [1.807, 2.05) is 0 Å². The fourth-order valence-electron chi connectivity index (χ4n) is 1.73. The van der Waals surface area contributed by atoms with E-state index in [-0.39, 0.29) is 16.1 Å². The van der Waals surface area contributed by atoms with Gasteiger partial charge in [-0.15, -0.1) is 0 Å². The summed E-state index contributed by atoms with van der Waals surface area (Å²) < 4.78 is 64.5. The molecular formula is C13H8ClF3N2O3S. The summed E-state index contributed by atoms with van der Waals surface area (Å²) in [6.45, 7) is 0. The van der Waals surface area contributed by atoms with Gasteiger partial charge in [0, 0.05) is 17.3 Å². The molecule has 0 radical (unpaired) electrons. The normalized spacial score (nSPS) is 11.3. The van der Waals surface area contributed by atoms with Crippen LogP contribution < -0.4 is 4.72 Å². The minimum Gasteiger partial charge on any atom is -0.268 e. The lowest BCUT2D eigenvalue weighted by Crippen LogP contribution is -2.30. The van der Waals surface area contributed by atoms with Crippen molar-refractivity contribution in [2.24, 2.45) is 0 Å². The first-order valence-electron chi connectivity index (χ1n) is 5.91. The molecule has 23 heavy (non-hydrogen) atoms. The maximum absolute atomic E-state index is 14.1. The Kier molecular flexibility index (Phi) is 4.62. The topological polar surface area (TPSA) is 76.1 Å². The Morgan fingerprint density at radius 3 is 2.39 bits per heavy atom. The number of benzene rings is 1. The number of sulfonamides is 1. The number of carbonyl (C=O) groups is 1. The molecule has 0 atom stereocenters. The van der Waals surface area contributed by atoms with Gasteiger partial charge in [-0.3, -0.25) is 4.79 Å². The molecule has 1 amide bonds. The third-order valence-electron chi connectivity index (χ3n) is 2.69. The van der Waals surface area contributed by atoms with Crippen LogP contribution in [0.25, 0.3) is 11.1 Å². The molecule has 1 aromatic heterocycles. The fourth-order valence-corrected chi connectivity index (χ4v) is 2.35. The molecule has 0 unspecified atom stereocenters. The van der Waals surface area contributed by atoms with Crippen molar-refractivity contribution in [3.05, 3.63) is 52.6 Å². The van der Waals surface area contributed by atoms with Crippen LogP contribution in [0.3, 0.4) is 0 Å². The van der Waals surface area contributed by atoms with Crippen molar-refractivity contribution in [3.8, 4) is 11.1 Å². The summed E-state index contributed by atoms with van der Waals surface area (Å²) in [5, 5.41) is -0.388. The number of nitrogens with zero attached hydrogens (tertiary/aromatic N) is 1. The molecule has 0 saturated heterocycles. The molecule has 1 aromatic carbocycles. The van der Waals surface area contributed by atoms with Crippen LogP contribution in [0.1, 0.15) is 10.4 Å². The van der Waals surface area contributed by atoms with Crippen molar-refractivity contribution in [1.82, 2.24) is 9.71 Å². The third kappa shape index (κ3) is 3.99. The number of carbonyl (C=O) groups excluding carboxylic acids is 1. The van der Waals surface area contributed by atoms with E-state index in [2.05, 4.69) is 4.98 Å². The number of hydrogen-bond acceptors (Lipinski definition) is 4. The third-order valence-corrected chi connectivity index (χ3v) is 3.51. The van der Waals surface area contributed by atoms with Crippen molar-refractivity contribution in [1.29, 1.82) is 0 Å². The lowest BCUT2D eigenvalue weighted by Gasteiger charge is -2.08. The zero-order valence-corrected chi connectivity index (χ0v) is 13.0. The number of pyridine rings is 1. The second kappa shape index (κ2) is 6.17. The predicted octanol–water partition coefficient (Wildman–Crippen LogP) is 2.51. The highest BCUT2D eigenvalue weighted by Crippen LogP contribution is 2.28. The van der Waals surface area contributed by atoms with Crippen LogP contribution in [0.15, 0.2) is 24.4 Å². The molecule has 0 aliphatic carbocycles. The Balaban J connectivity index is 2.48. The number of hydrogen-bond donors (Lipinski definition) is 1. The van der Waals surface area contributed by atoms with Crippen LogP contribution in [0.5, 0.6) is 0 Å². The van der Waals surface area contributed by atoms with Crippen LogP contribution in [-0.4, -0.2) is 25.6 Å². The van der Waals surface area contributed by atoms with Gasteiger partial charge in [0.1, 0.15) is 11.6 Å². The molecule has 0 fully saturated rings. The zero-order chi connectivity index (χ0) is 17.4. The molecule has 0 aliphatic heterocycles. The van der Waals surface area contributed by atoms with E-state index in [0.29, 0.717) is 18.4 Å². The maximum atomic E-state index is 14.1. The summed E-state index contributed by atoms with van der Waals surface area (Å²) in [5.41, 5.74) is -1.12. The van der Waals surface area contributed by atoms with Gasteiger partial charge < -0.3 is 0 Å². The second-order valence-electron chi connectivity index (χ2n) is 4.51. The molecule has 2 rings (SSSR count). The Morgan fingerprint density at radius 2 is 1.83 bits per heavy atom. The van der Waals surface area contributed by atoms with E-state index < -0.39 is 39.1 Å². The summed E-state index contributed by atoms with van der Waals surface area (Å²) in [4.78, 5) is 14.9. The summed E-state index contributed by atoms with van der Waals surface area (Å²) in [6, 6.07) is 2.23. The number of halogens is 4. The number of aromatic nitrogens is 1. The molecule has 0 aliphatic rings. The highest BCUT2D eigenvalue weighted by molar-refractivity contribution is 7.89. The van der Waals surface area contributed by atoms with Crippen LogP contribution in [0.2, 0.25) is 5.02 Å². The highest BCUT2D eigenvalue weighted by Gasteiger charge is 2.20. The van der Waals surface area contributed by atoms with Gasteiger partial charge in [-0.1, -0.05) is 11.6 Å². The Hall–Kier alpha value is -2.13. The summed E-state index contributed by atoms with van der Waals surface area (Å²) in [5.74, 6) is -4.48. The summed E-state index contributed by atoms with van der Waals surface area (Å²) in [6.07, 6.45) is 1.63. The molecule has 2 aromatic rings. The van der Waals surface area contributed by atoms with E-state index >= 15 is 0 Å². The van der Waals surface area contributed by atoms with E-state index in [1.54, 1.807) is 0 Å². The van der Waals surface area contributed by atoms with Gasteiger partial charge in [-0.25, -0.2) is 26.9 Å². The molecule has 5 nitrogen and oxygen atoms in total. The lowest BCUT2D eigenvalue weighted by atomic mass is 10.0. The smallest absolute Gasteiger partial charge is 0.267 e. The van der Waals surface area contributed by atoms with E-state index in [9.17, 15) is 26.4 Å². The van der Waals surface area contributed by atoms with Crippen LogP contribution in [0, 0.1) is 17.6 Å². The van der Waals surface area contributed by atoms with Gasteiger partial charge >= 0.3 is 0 Å². The van der Waals surface area contributed by atoms with Gasteiger partial charge in [-0.2, -0.15) is 4.39 Å². The summed E-state index contributed by atoms with van der Waals surface area (Å²) >= 11 is 5.53. The molecule has 0 spiro atoms. The first kappa shape index (κ1) is 17.2. The molecule has 10 heteroatoms. The van der Waals surface area contributed by atoms with Crippen molar-refractivity contribution < 1.29 is 26.4 Å². The molecule has 0 saturated carbocycles. The SMILES string of the molecule is CS(=O)(=O)NC(=O)c1cc(F)c(-c2cnc(F)c(Cl)c2)cc1F. The lowest BCUT2D eigenvalue weighted by molar-refractivity contribution is 0.0977. The van der Waals surface area contributed by atoms with Crippen molar-refractivity contribution in [2.45, 2.75) is 0 Å². The molecule has 122 valence electrons. The van der Waals surface area contributed by atoms with Gasteiger partial charge in [0.05, 0.1) is 16.8 Å². The average Bonchev–Trinajstić information content (AvgIpc) is 2.42. The van der Waals surface area contributed by atoms with Crippen molar-refractivity contribution in [2.75, 3.05) is 6.26 Å². The Labute approximate surface area is 134 Å². The largest absolute Gasteiger partial charge is 0.268 e. The number of rotatable bonds is 3. The average molecular weight is 365 g/mol. The van der Waals surface area contributed by atoms with Crippen molar-refractivity contribution >= 4 is 27.5 Å². The predicted molar refractivity (Wildman–Crippen MR) is 76.9 cm³/mol. The van der Waals surface area contributed by atoms with Gasteiger partial charge in [0.15, 0.2) is 0 Å². The maximum Gasteiger partial charge on any atom is 0.267 e. The van der Waals surface area contributed by atoms with Crippen LogP contribution >= 0.6 is 11.6 Å². The molecule has 1 heterocycles. The van der Waals surface area contributed by atoms with Gasteiger partial charge in [0.2, 0.25) is 16.0 Å². The summed E-state index contributed by atoms with van der Waals surface area (Å²) in [7, 11) is -3.93. The molecule has 1 N–H and O–H groups in total. The van der Waals surface area contributed by atoms with Gasteiger partial charge in [0.25, 0.3) is 5.91 Å². The van der Waals surface area contributed by atoms with E-state index in [1.165, 1.54) is 4.72 Å². The highest BCUT2D eigenvalue weighted by atomic mass is 35.5. The zero-order valence-electron chi connectivity index (χ0n) is 11.4. The number of amides is 1. The van der Waals surface area contributed by atoms with Crippen LogP contribution in [0.4, 0.5) is 13.2 Å². The van der Waals surface area contributed by atoms with Gasteiger partial charge in [-0.05, 0) is 18.2 Å². The van der Waals surface area contributed by atoms with Crippen LogP contribution in [-0.2, 0) is 10.0 Å². The fraction of sp³-hybridized carbons (Fsp3) is 0.0769. The monoisotopic (exact) mass is 364 g/mol. The second-order valence-corrected chi connectivity index (χ2v) is 6.67. The first-order valence-corrected chi connectivity index (χ1v) is 8.18.